The van der Waals surface area contributed by atoms with Gasteiger partial charge in [-0.05, 0) is 23.8 Å². The molecule has 10 heteroatoms. The van der Waals surface area contributed by atoms with Crippen molar-refractivity contribution in [3.8, 4) is 11.1 Å². The lowest BCUT2D eigenvalue weighted by Crippen LogP contribution is -2.15. The zero-order chi connectivity index (χ0) is 19.8. The van der Waals surface area contributed by atoms with Crippen LogP contribution in [0.2, 0.25) is 0 Å². The first-order valence-electron chi connectivity index (χ1n) is 7.55. The maximum absolute atomic E-state index is 12.9. The molecule has 0 spiro atoms. The number of benzene rings is 1. The Morgan fingerprint density at radius 3 is 2.08 bits per heavy atom. The Morgan fingerprint density at radius 2 is 1.54 bits per heavy atom. The van der Waals surface area contributed by atoms with E-state index in [-0.39, 0.29) is 22.6 Å². The van der Waals surface area contributed by atoms with Gasteiger partial charge in [-0.15, -0.1) is 0 Å². The molecule has 0 aliphatic rings. The first kappa shape index (κ1) is 20.4. The molecule has 0 atom stereocenters. The van der Waals surface area contributed by atoms with Crippen molar-refractivity contribution in [1.29, 1.82) is 0 Å². The van der Waals surface area contributed by atoms with Gasteiger partial charge < -0.3 is 0 Å². The zero-order valence-electron chi connectivity index (χ0n) is 13.9. The lowest BCUT2D eigenvalue weighted by molar-refractivity contribution is -0.137. The molecular formula is C16H16F3NO4S2. The van der Waals surface area contributed by atoms with E-state index >= 15 is 0 Å². The van der Waals surface area contributed by atoms with Crippen molar-refractivity contribution in [3.63, 3.8) is 0 Å². The van der Waals surface area contributed by atoms with Crippen LogP contribution in [0.5, 0.6) is 0 Å². The van der Waals surface area contributed by atoms with E-state index in [1.807, 2.05) is 0 Å². The van der Waals surface area contributed by atoms with E-state index < -0.39 is 41.3 Å². The van der Waals surface area contributed by atoms with Crippen LogP contribution in [-0.4, -0.2) is 33.3 Å². The normalized spacial score (nSPS) is 13.0. The number of rotatable bonds is 5. The van der Waals surface area contributed by atoms with Crippen LogP contribution in [-0.2, 0) is 25.9 Å². The molecule has 142 valence electrons. The van der Waals surface area contributed by atoms with Gasteiger partial charge >= 0.3 is 6.18 Å². The molecule has 0 aliphatic heterocycles. The standard InChI is InChI=1S/C16H16F3NO4S2/c1-3-25(21,22)14-9-12(10-20-15(14)26(23,24)4-2)11-6-5-7-13(8-11)16(17,18)19/h5-10H,3-4H2,1-2H3. The van der Waals surface area contributed by atoms with Crippen LogP contribution < -0.4 is 0 Å². The van der Waals surface area contributed by atoms with E-state index in [9.17, 15) is 30.0 Å². The van der Waals surface area contributed by atoms with E-state index in [0.717, 1.165) is 24.4 Å². The predicted molar refractivity (Wildman–Crippen MR) is 90.1 cm³/mol. The molecule has 0 amide bonds. The third-order valence-corrected chi connectivity index (χ3v) is 7.28. The van der Waals surface area contributed by atoms with Crippen molar-refractivity contribution < 1.29 is 30.0 Å². The summed E-state index contributed by atoms with van der Waals surface area (Å²) in [6, 6.07) is 5.35. The fourth-order valence-corrected chi connectivity index (χ4v) is 4.76. The third kappa shape index (κ3) is 4.07. The number of sulfone groups is 2. The Hall–Kier alpha value is -1.94. The molecule has 0 N–H and O–H groups in total. The number of hydrogen-bond donors (Lipinski definition) is 0. The number of pyridine rings is 1. The van der Waals surface area contributed by atoms with Gasteiger partial charge in [-0.3, -0.25) is 0 Å². The second-order valence-electron chi connectivity index (χ2n) is 5.41. The Kier molecular flexibility index (Phi) is 5.48. The van der Waals surface area contributed by atoms with E-state index in [2.05, 4.69) is 4.98 Å². The first-order valence-corrected chi connectivity index (χ1v) is 10.9. The molecule has 1 aromatic carbocycles. The highest BCUT2D eigenvalue weighted by atomic mass is 32.2. The number of alkyl halides is 3. The van der Waals surface area contributed by atoms with Crippen molar-refractivity contribution in [2.75, 3.05) is 11.5 Å². The highest BCUT2D eigenvalue weighted by molar-refractivity contribution is 7.94. The minimum atomic E-state index is -4.56. The zero-order valence-corrected chi connectivity index (χ0v) is 15.5. The third-order valence-electron chi connectivity index (χ3n) is 3.73. The predicted octanol–water partition coefficient (Wildman–Crippen LogP) is 3.35. The molecule has 0 saturated heterocycles. The van der Waals surface area contributed by atoms with Crippen molar-refractivity contribution in [2.24, 2.45) is 0 Å². The van der Waals surface area contributed by atoms with Crippen LogP contribution >= 0.6 is 0 Å². The average Bonchev–Trinajstić information content (AvgIpc) is 2.60. The minimum Gasteiger partial charge on any atom is -0.243 e. The fraction of sp³-hybridized carbons (Fsp3) is 0.312. The van der Waals surface area contributed by atoms with Gasteiger partial charge in [0.05, 0.1) is 17.1 Å². The number of aromatic nitrogens is 1. The molecule has 2 rings (SSSR count). The molecule has 0 fully saturated rings. The summed E-state index contributed by atoms with van der Waals surface area (Å²) < 4.78 is 87.5. The summed E-state index contributed by atoms with van der Waals surface area (Å²) in [6.07, 6.45) is -3.50. The molecule has 0 radical (unpaired) electrons. The summed E-state index contributed by atoms with van der Waals surface area (Å²) in [5.41, 5.74) is -0.737. The van der Waals surface area contributed by atoms with Gasteiger partial charge in [0.15, 0.2) is 24.7 Å². The molecule has 0 unspecified atom stereocenters. The molecular weight excluding hydrogens is 391 g/mol. The first-order chi connectivity index (χ1) is 11.9. The van der Waals surface area contributed by atoms with Gasteiger partial charge in [0.1, 0.15) is 4.90 Å². The van der Waals surface area contributed by atoms with Crippen LogP contribution in [0.3, 0.4) is 0 Å². The molecule has 5 nitrogen and oxygen atoms in total. The van der Waals surface area contributed by atoms with Crippen LogP contribution in [0.25, 0.3) is 11.1 Å². The topological polar surface area (TPSA) is 81.2 Å². The van der Waals surface area contributed by atoms with Gasteiger partial charge in [-0.2, -0.15) is 13.2 Å². The molecule has 2 aromatic rings. The molecule has 1 heterocycles. The minimum absolute atomic E-state index is 0.0816. The van der Waals surface area contributed by atoms with Crippen molar-refractivity contribution >= 4 is 19.7 Å². The maximum atomic E-state index is 12.9. The quantitative estimate of drug-likeness (QED) is 0.759. The van der Waals surface area contributed by atoms with E-state index in [1.54, 1.807) is 0 Å². The van der Waals surface area contributed by atoms with Gasteiger partial charge in [0, 0.05) is 11.8 Å². The van der Waals surface area contributed by atoms with E-state index in [1.165, 1.54) is 26.0 Å². The summed E-state index contributed by atoms with van der Waals surface area (Å²) in [4.78, 5) is 3.25. The Morgan fingerprint density at radius 1 is 0.923 bits per heavy atom. The van der Waals surface area contributed by atoms with Crippen molar-refractivity contribution in [1.82, 2.24) is 4.98 Å². The smallest absolute Gasteiger partial charge is 0.243 e. The summed E-state index contributed by atoms with van der Waals surface area (Å²) in [5, 5.41) is -0.586. The Labute approximate surface area is 149 Å². The number of hydrogen-bond acceptors (Lipinski definition) is 5. The summed E-state index contributed by atoms with van der Waals surface area (Å²) in [6.45, 7) is 2.69. The average molecular weight is 407 g/mol. The molecule has 0 saturated carbocycles. The SMILES string of the molecule is CCS(=O)(=O)c1cc(-c2cccc(C(F)(F)F)c2)cnc1S(=O)(=O)CC. The largest absolute Gasteiger partial charge is 0.416 e. The van der Waals surface area contributed by atoms with Gasteiger partial charge in [0.25, 0.3) is 0 Å². The monoisotopic (exact) mass is 407 g/mol. The van der Waals surface area contributed by atoms with E-state index in [0.29, 0.717) is 0 Å². The maximum Gasteiger partial charge on any atom is 0.416 e. The lowest BCUT2D eigenvalue weighted by atomic mass is 10.0. The molecule has 1 aromatic heterocycles. The molecule has 0 bridgehead atoms. The summed E-state index contributed by atoms with van der Waals surface area (Å²) >= 11 is 0. The van der Waals surface area contributed by atoms with E-state index in [4.69, 9.17) is 0 Å². The fourth-order valence-electron chi connectivity index (χ4n) is 2.21. The Balaban J connectivity index is 2.73. The number of nitrogens with zero attached hydrogens (tertiary/aromatic N) is 1. The van der Waals surface area contributed by atoms with Crippen molar-refractivity contribution in [3.05, 3.63) is 42.1 Å². The molecule has 26 heavy (non-hydrogen) atoms. The molecule has 0 aliphatic carbocycles. The van der Waals surface area contributed by atoms with Gasteiger partial charge in [-0.1, -0.05) is 26.0 Å². The highest BCUT2D eigenvalue weighted by Gasteiger charge is 2.31. The van der Waals surface area contributed by atoms with Crippen LogP contribution in [0.1, 0.15) is 19.4 Å². The Bertz CT molecular complexity index is 1030. The second-order valence-corrected chi connectivity index (χ2v) is 9.85. The van der Waals surface area contributed by atoms with Gasteiger partial charge in [-0.25, -0.2) is 21.8 Å². The van der Waals surface area contributed by atoms with Gasteiger partial charge in [0.2, 0.25) is 0 Å². The van der Waals surface area contributed by atoms with Crippen molar-refractivity contribution in [2.45, 2.75) is 29.9 Å². The number of halogens is 3. The highest BCUT2D eigenvalue weighted by Crippen LogP contribution is 2.33. The van der Waals surface area contributed by atoms with Crippen LogP contribution in [0.4, 0.5) is 13.2 Å². The van der Waals surface area contributed by atoms with Crippen LogP contribution in [0.15, 0.2) is 46.5 Å². The lowest BCUT2D eigenvalue weighted by Gasteiger charge is -2.12. The summed E-state index contributed by atoms with van der Waals surface area (Å²) in [7, 11) is -7.88. The second kappa shape index (κ2) is 6.99. The van der Waals surface area contributed by atoms with Crippen LogP contribution in [0, 0.1) is 0 Å². The summed E-state index contributed by atoms with van der Waals surface area (Å²) in [5.74, 6) is -0.720.